The Morgan fingerprint density at radius 3 is 2.85 bits per heavy atom. The van der Waals surface area contributed by atoms with Gasteiger partial charge in [-0.25, -0.2) is 8.42 Å². The van der Waals surface area contributed by atoms with Crippen LogP contribution in [-0.4, -0.2) is 36.9 Å². The summed E-state index contributed by atoms with van der Waals surface area (Å²) >= 11 is 5.89. The number of halogens is 1. The van der Waals surface area contributed by atoms with Crippen molar-refractivity contribution in [1.29, 1.82) is 0 Å². The summed E-state index contributed by atoms with van der Waals surface area (Å²) in [7, 11) is -3.00. The number of aromatic amines is 1. The van der Waals surface area contributed by atoms with Gasteiger partial charge in [-0.3, -0.25) is 4.79 Å². The average Bonchev–Trinajstić information content (AvgIpc) is 2.92. The number of fused-ring (bicyclic) bond motifs is 1. The molecule has 1 atom stereocenters. The number of nitrogens with one attached hydrogen (secondary N) is 2. The number of aromatic nitrogens is 1. The van der Waals surface area contributed by atoms with Crippen molar-refractivity contribution in [3.63, 3.8) is 0 Å². The second kappa shape index (κ2) is 4.79. The molecular weight excluding hydrogens is 300 g/mol. The number of sulfone groups is 1. The van der Waals surface area contributed by atoms with Gasteiger partial charge in [0.1, 0.15) is 5.69 Å². The van der Waals surface area contributed by atoms with Crippen LogP contribution in [0.5, 0.6) is 0 Å². The number of amides is 1. The van der Waals surface area contributed by atoms with Crippen LogP contribution in [0.2, 0.25) is 5.02 Å². The van der Waals surface area contributed by atoms with Crippen LogP contribution in [0.15, 0.2) is 24.3 Å². The van der Waals surface area contributed by atoms with Crippen LogP contribution in [0.1, 0.15) is 16.9 Å². The minimum atomic E-state index is -3.00. The number of H-pyrrole nitrogens is 1. The fourth-order valence-electron chi connectivity index (χ4n) is 2.39. The van der Waals surface area contributed by atoms with Crippen LogP contribution >= 0.6 is 11.6 Å². The predicted molar refractivity (Wildman–Crippen MR) is 77.8 cm³/mol. The smallest absolute Gasteiger partial charge is 0.267 e. The van der Waals surface area contributed by atoms with Crippen LogP contribution in [0, 0.1) is 0 Å². The lowest BCUT2D eigenvalue weighted by molar-refractivity contribution is 0.0937. The van der Waals surface area contributed by atoms with E-state index in [1.807, 2.05) is 6.07 Å². The maximum atomic E-state index is 12.1. The summed E-state index contributed by atoms with van der Waals surface area (Å²) in [5.74, 6) is -0.134. The Kier molecular flexibility index (Phi) is 3.22. The molecule has 0 radical (unpaired) electrons. The molecule has 1 aromatic heterocycles. The van der Waals surface area contributed by atoms with Gasteiger partial charge in [0.05, 0.1) is 11.5 Å². The summed E-state index contributed by atoms with van der Waals surface area (Å²) < 4.78 is 22.7. The van der Waals surface area contributed by atoms with Crippen molar-refractivity contribution in [2.45, 2.75) is 12.5 Å². The fourth-order valence-corrected chi connectivity index (χ4v) is 4.24. The van der Waals surface area contributed by atoms with Crippen LogP contribution in [0.3, 0.4) is 0 Å². The molecule has 106 valence electrons. The van der Waals surface area contributed by atoms with Gasteiger partial charge in [-0.1, -0.05) is 17.7 Å². The van der Waals surface area contributed by atoms with Crippen molar-refractivity contribution >= 4 is 38.2 Å². The monoisotopic (exact) mass is 312 g/mol. The molecule has 20 heavy (non-hydrogen) atoms. The van der Waals surface area contributed by atoms with Gasteiger partial charge < -0.3 is 10.3 Å². The zero-order valence-corrected chi connectivity index (χ0v) is 12.1. The molecule has 3 rings (SSSR count). The summed E-state index contributed by atoms with van der Waals surface area (Å²) in [6.07, 6.45) is 0.472. The highest BCUT2D eigenvalue weighted by Crippen LogP contribution is 2.20. The van der Waals surface area contributed by atoms with E-state index < -0.39 is 9.84 Å². The predicted octanol–water partition coefficient (Wildman–Crippen LogP) is 1.74. The molecule has 1 amide bonds. The van der Waals surface area contributed by atoms with Crippen molar-refractivity contribution in [2.24, 2.45) is 0 Å². The lowest BCUT2D eigenvalue weighted by Crippen LogP contribution is -2.35. The highest BCUT2D eigenvalue weighted by Gasteiger charge is 2.29. The second-order valence-corrected chi connectivity index (χ2v) is 7.65. The molecule has 1 aromatic carbocycles. The first-order valence-corrected chi connectivity index (χ1v) is 8.42. The van der Waals surface area contributed by atoms with E-state index in [4.69, 9.17) is 11.6 Å². The van der Waals surface area contributed by atoms with E-state index in [0.717, 1.165) is 10.9 Å². The van der Waals surface area contributed by atoms with Gasteiger partial charge in [-0.05, 0) is 24.6 Å². The molecule has 2 heterocycles. The van der Waals surface area contributed by atoms with Crippen molar-refractivity contribution in [3.8, 4) is 0 Å². The Morgan fingerprint density at radius 2 is 2.15 bits per heavy atom. The summed E-state index contributed by atoms with van der Waals surface area (Å²) in [6, 6.07) is 6.74. The maximum Gasteiger partial charge on any atom is 0.267 e. The van der Waals surface area contributed by atoms with E-state index in [-0.39, 0.29) is 23.5 Å². The third-order valence-corrected chi connectivity index (χ3v) is 5.40. The van der Waals surface area contributed by atoms with Gasteiger partial charge in [0.2, 0.25) is 0 Å². The van der Waals surface area contributed by atoms with Crippen molar-refractivity contribution in [3.05, 3.63) is 35.0 Å². The molecule has 1 aliphatic rings. The van der Waals surface area contributed by atoms with E-state index in [1.165, 1.54) is 0 Å². The normalized spacial score (nSPS) is 21.1. The summed E-state index contributed by atoms with van der Waals surface area (Å²) in [5.41, 5.74) is 1.19. The van der Waals surface area contributed by atoms with Gasteiger partial charge in [-0.2, -0.15) is 0 Å². The molecule has 0 bridgehead atoms. The molecule has 2 aromatic rings. The van der Waals surface area contributed by atoms with E-state index >= 15 is 0 Å². The lowest BCUT2D eigenvalue weighted by atomic mass is 10.2. The molecule has 0 aliphatic carbocycles. The quantitative estimate of drug-likeness (QED) is 0.886. The van der Waals surface area contributed by atoms with Crippen molar-refractivity contribution < 1.29 is 13.2 Å². The Balaban J connectivity index is 1.79. The largest absolute Gasteiger partial charge is 0.350 e. The number of hydrogen-bond acceptors (Lipinski definition) is 3. The second-order valence-electron chi connectivity index (χ2n) is 4.99. The summed E-state index contributed by atoms with van der Waals surface area (Å²) in [5, 5.41) is 4.22. The number of carbonyl (C=O) groups is 1. The SMILES string of the molecule is O=C(NC1CCS(=O)(=O)C1)c1cc2ccc(Cl)cc2[nH]1. The number of benzene rings is 1. The first-order chi connectivity index (χ1) is 9.43. The summed E-state index contributed by atoms with van der Waals surface area (Å²) in [4.78, 5) is 15.1. The standard InChI is InChI=1S/C13H13ClN2O3S/c14-9-2-1-8-5-12(16-11(8)6-9)13(17)15-10-3-4-20(18,19)7-10/h1-2,5-6,10,16H,3-4,7H2,(H,15,17). The van der Waals surface area contributed by atoms with E-state index in [0.29, 0.717) is 17.1 Å². The lowest BCUT2D eigenvalue weighted by Gasteiger charge is -2.09. The summed E-state index contributed by atoms with van der Waals surface area (Å²) in [6.45, 7) is 0. The van der Waals surface area contributed by atoms with Crippen LogP contribution < -0.4 is 5.32 Å². The Morgan fingerprint density at radius 1 is 1.35 bits per heavy atom. The van der Waals surface area contributed by atoms with E-state index in [1.54, 1.807) is 18.2 Å². The van der Waals surface area contributed by atoms with Gasteiger partial charge in [0.15, 0.2) is 9.84 Å². The van der Waals surface area contributed by atoms with Gasteiger partial charge in [0, 0.05) is 22.0 Å². The fraction of sp³-hybridized carbons (Fsp3) is 0.308. The molecule has 2 N–H and O–H groups in total. The molecule has 1 aliphatic heterocycles. The Labute approximate surface area is 121 Å². The molecule has 0 saturated carbocycles. The third kappa shape index (κ3) is 2.66. The topological polar surface area (TPSA) is 79.0 Å². The Hall–Kier alpha value is -1.53. The molecule has 5 nitrogen and oxygen atoms in total. The first-order valence-electron chi connectivity index (χ1n) is 6.22. The van der Waals surface area contributed by atoms with E-state index in [9.17, 15) is 13.2 Å². The van der Waals surface area contributed by atoms with Crippen molar-refractivity contribution in [2.75, 3.05) is 11.5 Å². The van der Waals surface area contributed by atoms with Crippen LogP contribution in [0.4, 0.5) is 0 Å². The number of carbonyl (C=O) groups excluding carboxylic acids is 1. The van der Waals surface area contributed by atoms with Gasteiger partial charge in [0.25, 0.3) is 5.91 Å². The average molecular weight is 313 g/mol. The van der Waals surface area contributed by atoms with Gasteiger partial charge in [-0.15, -0.1) is 0 Å². The Bertz CT molecular complexity index is 782. The molecule has 7 heteroatoms. The molecule has 1 fully saturated rings. The molecule has 1 saturated heterocycles. The third-order valence-electron chi connectivity index (χ3n) is 3.40. The van der Waals surface area contributed by atoms with Gasteiger partial charge >= 0.3 is 0 Å². The zero-order chi connectivity index (χ0) is 14.3. The molecular formula is C13H13ClN2O3S. The van der Waals surface area contributed by atoms with Crippen LogP contribution in [0.25, 0.3) is 10.9 Å². The zero-order valence-electron chi connectivity index (χ0n) is 10.5. The highest BCUT2D eigenvalue weighted by molar-refractivity contribution is 7.91. The minimum Gasteiger partial charge on any atom is -0.350 e. The van der Waals surface area contributed by atoms with E-state index in [2.05, 4.69) is 10.3 Å². The minimum absolute atomic E-state index is 0.0186. The number of hydrogen-bond donors (Lipinski definition) is 2. The number of rotatable bonds is 2. The highest BCUT2D eigenvalue weighted by atomic mass is 35.5. The van der Waals surface area contributed by atoms with Crippen LogP contribution in [-0.2, 0) is 9.84 Å². The molecule has 1 unspecified atom stereocenters. The maximum absolute atomic E-state index is 12.1. The molecule has 0 spiro atoms. The first kappa shape index (κ1) is 13.5. The van der Waals surface area contributed by atoms with Crippen molar-refractivity contribution in [1.82, 2.24) is 10.3 Å².